The Morgan fingerprint density at radius 1 is 1.42 bits per heavy atom. The second-order valence-corrected chi connectivity index (χ2v) is 7.53. The minimum Gasteiger partial charge on any atom is -0.469 e. The highest BCUT2D eigenvalue weighted by molar-refractivity contribution is 9.10. The van der Waals surface area contributed by atoms with Crippen LogP contribution < -0.4 is 0 Å². The SMILES string of the molecule is COC(=O)[C@H]1[C@@H]2C=C[C@]3(CN([C@@H](C)c4ccc(Br)cc4)C(=O)[C@H]13)O2. The summed E-state index contributed by atoms with van der Waals surface area (Å²) >= 11 is 3.43. The van der Waals surface area contributed by atoms with Crippen molar-refractivity contribution in [2.45, 2.75) is 24.7 Å². The van der Waals surface area contributed by atoms with Crippen molar-refractivity contribution in [2.24, 2.45) is 11.8 Å². The van der Waals surface area contributed by atoms with Gasteiger partial charge in [-0.25, -0.2) is 0 Å². The van der Waals surface area contributed by atoms with Crippen molar-refractivity contribution in [3.05, 3.63) is 46.5 Å². The lowest BCUT2D eigenvalue weighted by Crippen LogP contribution is -2.39. The molecule has 5 atom stereocenters. The summed E-state index contributed by atoms with van der Waals surface area (Å²) in [6.45, 7) is 2.47. The molecule has 6 heteroatoms. The van der Waals surface area contributed by atoms with Crippen LogP contribution in [0.4, 0.5) is 0 Å². The van der Waals surface area contributed by atoms with E-state index in [2.05, 4.69) is 15.9 Å². The standard InChI is InChI=1S/C18H18BrNO4/c1-10(11-3-5-12(19)6-4-11)20-9-18-8-7-13(24-18)14(17(22)23-2)15(18)16(20)21/h3-8,10,13-15H,9H2,1-2H3/t10-,13-,14-,15-,18+/m0/s1. The van der Waals surface area contributed by atoms with Crippen LogP contribution in [-0.2, 0) is 19.1 Å². The number of nitrogens with zero attached hydrogens (tertiary/aromatic N) is 1. The van der Waals surface area contributed by atoms with E-state index in [4.69, 9.17) is 9.47 Å². The molecule has 3 heterocycles. The lowest BCUT2D eigenvalue weighted by molar-refractivity contribution is -0.151. The number of hydrogen-bond donors (Lipinski definition) is 0. The minimum atomic E-state index is -0.690. The fourth-order valence-electron chi connectivity index (χ4n) is 4.18. The molecule has 1 amide bonds. The molecule has 0 N–H and O–H groups in total. The van der Waals surface area contributed by atoms with Crippen LogP contribution in [0.5, 0.6) is 0 Å². The Morgan fingerprint density at radius 2 is 2.12 bits per heavy atom. The number of ether oxygens (including phenoxy) is 2. The highest BCUT2D eigenvalue weighted by atomic mass is 79.9. The number of methoxy groups -OCH3 is 1. The number of hydrogen-bond acceptors (Lipinski definition) is 4. The molecule has 1 spiro atoms. The molecule has 0 radical (unpaired) electrons. The van der Waals surface area contributed by atoms with Crippen LogP contribution in [0, 0.1) is 11.8 Å². The van der Waals surface area contributed by atoms with E-state index in [1.807, 2.05) is 48.2 Å². The maximum absolute atomic E-state index is 13.1. The van der Waals surface area contributed by atoms with Crippen LogP contribution in [-0.4, -0.2) is 42.1 Å². The molecular weight excluding hydrogens is 374 g/mol. The third-order valence-electron chi connectivity index (χ3n) is 5.42. The van der Waals surface area contributed by atoms with Crippen molar-refractivity contribution in [3.63, 3.8) is 0 Å². The van der Waals surface area contributed by atoms with E-state index in [0.29, 0.717) is 6.54 Å². The van der Waals surface area contributed by atoms with Gasteiger partial charge in [0, 0.05) is 4.47 Å². The number of carbonyl (C=O) groups is 2. The van der Waals surface area contributed by atoms with E-state index >= 15 is 0 Å². The van der Waals surface area contributed by atoms with E-state index in [-0.39, 0.29) is 24.0 Å². The number of esters is 1. The zero-order valence-corrected chi connectivity index (χ0v) is 15.0. The second-order valence-electron chi connectivity index (χ2n) is 6.62. The predicted molar refractivity (Wildman–Crippen MR) is 90.0 cm³/mol. The first-order valence-electron chi connectivity index (χ1n) is 7.98. The van der Waals surface area contributed by atoms with E-state index in [0.717, 1.165) is 10.0 Å². The van der Waals surface area contributed by atoms with Crippen molar-refractivity contribution in [1.82, 2.24) is 4.90 Å². The first-order valence-corrected chi connectivity index (χ1v) is 8.77. The highest BCUT2D eigenvalue weighted by Crippen LogP contribution is 2.53. The van der Waals surface area contributed by atoms with Gasteiger partial charge in [0.25, 0.3) is 0 Å². The van der Waals surface area contributed by atoms with Crippen molar-refractivity contribution in [2.75, 3.05) is 13.7 Å². The monoisotopic (exact) mass is 391 g/mol. The fourth-order valence-corrected chi connectivity index (χ4v) is 4.45. The number of benzene rings is 1. The van der Waals surface area contributed by atoms with E-state index in [9.17, 15) is 9.59 Å². The molecule has 24 heavy (non-hydrogen) atoms. The van der Waals surface area contributed by atoms with Crippen molar-refractivity contribution in [3.8, 4) is 0 Å². The van der Waals surface area contributed by atoms with Crippen LogP contribution in [0.25, 0.3) is 0 Å². The van der Waals surface area contributed by atoms with E-state index in [1.54, 1.807) is 0 Å². The average Bonchev–Trinajstić information content (AvgIpc) is 3.22. The number of rotatable bonds is 3. The van der Waals surface area contributed by atoms with Gasteiger partial charge in [0.1, 0.15) is 11.5 Å². The van der Waals surface area contributed by atoms with Crippen LogP contribution >= 0.6 is 15.9 Å². The number of likely N-dealkylation sites (tertiary alicyclic amines) is 1. The third kappa shape index (κ3) is 2.09. The largest absolute Gasteiger partial charge is 0.469 e. The summed E-state index contributed by atoms with van der Waals surface area (Å²) in [4.78, 5) is 27.1. The van der Waals surface area contributed by atoms with Crippen molar-refractivity contribution < 1.29 is 19.1 Å². The lowest BCUT2D eigenvalue weighted by atomic mass is 9.77. The van der Waals surface area contributed by atoms with Gasteiger partial charge in [-0.1, -0.05) is 40.2 Å². The molecule has 1 aromatic rings. The number of fused-ring (bicyclic) bond motifs is 1. The number of halogens is 1. The van der Waals surface area contributed by atoms with Crippen LogP contribution in [0.2, 0.25) is 0 Å². The highest BCUT2D eigenvalue weighted by Gasteiger charge is 2.67. The molecule has 2 bridgehead atoms. The van der Waals surface area contributed by atoms with Crippen molar-refractivity contribution in [1.29, 1.82) is 0 Å². The first-order chi connectivity index (χ1) is 11.5. The maximum atomic E-state index is 13.1. The Kier molecular flexibility index (Phi) is 3.58. The van der Waals surface area contributed by atoms with Gasteiger partial charge in [0.2, 0.25) is 5.91 Å². The van der Waals surface area contributed by atoms with E-state index < -0.39 is 17.4 Å². The first kappa shape index (κ1) is 15.8. The predicted octanol–water partition coefficient (Wildman–Crippen LogP) is 2.47. The Balaban J connectivity index is 1.65. The summed E-state index contributed by atoms with van der Waals surface area (Å²) in [5.74, 6) is -1.44. The average molecular weight is 392 g/mol. The fraction of sp³-hybridized carbons (Fsp3) is 0.444. The van der Waals surface area contributed by atoms with Gasteiger partial charge >= 0.3 is 5.97 Å². The quantitative estimate of drug-likeness (QED) is 0.586. The van der Waals surface area contributed by atoms with Crippen LogP contribution in [0.1, 0.15) is 18.5 Å². The topological polar surface area (TPSA) is 55.8 Å². The summed E-state index contributed by atoms with van der Waals surface area (Å²) in [6, 6.07) is 7.84. The molecule has 0 unspecified atom stereocenters. The number of carbonyl (C=O) groups excluding carboxylic acids is 2. The second kappa shape index (κ2) is 5.43. The zero-order valence-electron chi connectivity index (χ0n) is 13.4. The molecule has 0 aromatic heterocycles. The van der Waals surface area contributed by atoms with Crippen molar-refractivity contribution >= 4 is 27.8 Å². The number of amides is 1. The Bertz CT molecular complexity index is 731. The molecule has 2 fully saturated rings. The lowest BCUT2D eigenvalue weighted by Gasteiger charge is -2.27. The summed E-state index contributed by atoms with van der Waals surface area (Å²) in [5, 5.41) is 0. The summed E-state index contributed by atoms with van der Waals surface area (Å²) in [6.07, 6.45) is 3.49. The van der Waals surface area contributed by atoms with Gasteiger partial charge in [0.15, 0.2) is 0 Å². The van der Waals surface area contributed by atoms with E-state index in [1.165, 1.54) is 7.11 Å². The zero-order chi connectivity index (χ0) is 17.1. The summed E-state index contributed by atoms with van der Waals surface area (Å²) < 4.78 is 11.9. The van der Waals surface area contributed by atoms with Gasteiger partial charge in [0.05, 0.1) is 31.7 Å². The molecule has 3 aliphatic heterocycles. The van der Waals surface area contributed by atoms with Crippen LogP contribution in [0.15, 0.2) is 40.9 Å². The van der Waals surface area contributed by atoms with Gasteiger partial charge in [-0.05, 0) is 24.6 Å². The Labute approximate surface area is 148 Å². The smallest absolute Gasteiger partial charge is 0.312 e. The molecule has 4 rings (SSSR count). The Morgan fingerprint density at radius 3 is 2.79 bits per heavy atom. The molecule has 0 saturated carbocycles. The molecule has 0 aliphatic carbocycles. The molecular formula is C18H18BrNO4. The van der Waals surface area contributed by atoms with Gasteiger partial charge in [-0.15, -0.1) is 0 Å². The van der Waals surface area contributed by atoms with Gasteiger partial charge < -0.3 is 14.4 Å². The Hall–Kier alpha value is -1.66. The molecule has 1 aromatic carbocycles. The summed E-state index contributed by atoms with van der Waals surface area (Å²) in [5.41, 5.74) is 0.362. The third-order valence-corrected chi connectivity index (χ3v) is 5.95. The molecule has 2 saturated heterocycles. The maximum Gasteiger partial charge on any atom is 0.312 e. The summed E-state index contributed by atoms with van der Waals surface area (Å²) in [7, 11) is 1.35. The molecule has 126 valence electrons. The normalized spacial score (nSPS) is 34.5. The van der Waals surface area contributed by atoms with Gasteiger partial charge in [-0.3, -0.25) is 9.59 Å². The molecule has 3 aliphatic rings. The minimum absolute atomic E-state index is 0.0346. The van der Waals surface area contributed by atoms with Crippen LogP contribution in [0.3, 0.4) is 0 Å². The molecule has 5 nitrogen and oxygen atoms in total. The van der Waals surface area contributed by atoms with Gasteiger partial charge in [-0.2, -0.15) is 0 Å².